The normalized spacial score (nSPS) is 11.2. The zero-order valence-corrected chi connectivity index (χ0v) is 16.3. The van der Waals surface area contributed by atoms with Crippen molar-refractivity contribution in [3.05, 3.63) is 68.3 Å². The molecule has 1 aromatic heterocycles. The molecule has 152 valence electrons. The topological polar surface area (TPSA) is 131 Å². The Morgan fingerprint density at radius 2 is 1.93 bits per heavy atom. The van der Waals surface area contributed by atoms with Gasteiger partial charge in [0, 0.05) is 17.7 Å². The lowest BCUT2D eigenvalue weighted by molar-refractivity contribution is -0.385. The number of rotatable bonds is 7. The highest BCUT2D eigenvalue weighted by atomic mass is 16.6. The van der Waals surface area contributed by atoms with Crippen molar-refractivity contribution in [1.82, 2.24) is 9.97 Å². The van der Waals surface area contributed by atoms with Crippen LogP contribution in [0.3, 0.4) is 0 Å². The van der Waals surface area contributed by atoms with E-state index in [0.29, 0.717) is 28.8 Å². The molecule has 0 spiro atoms. The Labute approximate surface area is 171 Å². The van der Waals surface area contributed by atoms with Gasteiger partial charge in [-0.15, -0.1) is 0 Å². The van der Waals surface area contributed by atoms with Gasteiger partial charge in [-0.25, -0.2) is 4.98 Å². The first-order chi connectivity index (χ1) is 14.5. The number of nitriles is 1. The number of nitro benzene ring substituents is 1. The molecule has 0 aliphatic carbocycles. The van der Waals surface area contributed by atoms with E-state index in [9.17, 15) is 20.2 Å². The molecule has 0 fully saturated rings. The molecule has 2 aromatic carbocycles. The van der Waals surface area contributed by atoms with E-state index in [1.165, 1.54) is 18.2 Å². The summed E-state index contributed by atoms with van der Waals surface area (Å²) in [5.41, 5.74) is 0.0972. The molecule has 0 atom stereocenters. The van der Waals surface area contributed by atoms with Crippen molar-refractivity contribution in [2.45, 2.75) is 13.8 Å². The van der Waals surface area contributed by atoms with Crippen LogP contribution in [0.25, 0.3) is 22.6 Å². The van der Waals surface area contributed by atoms with E-state index in [0.717, 1.165) is 0 Å². The minimum atomic E-state index is -0.569. The summed E-state index contributed by atoms with van der Waals surface area (Å²) < 4.78 is 10.9. The summed E-state index contributed by atoms with van der Waals surface area (Å²) in [6.45, 7) is 4.03. The Kier molecular flexibility index (Phi) is 6.08. The van der Waals surface area contributed by atoms with Gasteiger partial charge in [-0.1, -0.05) is 12.1 Å². The summed E-state index contributed by atoms with van der Waals surface area (Å²) in [5.74, 6) is 0.432. The van der Waals surface area contributed by atoms with Crippen LogP contribution < -0.4 is 15.0 Å². The molecule has 0 saturated heterocycles. The average molecular weight is 406 g/mol. The number of H-pyrrole nitrogens is 1. The van der Waals surface area contributed by atoms with Crippen molar-refractivity contribution in [3.8, 4) is 17.6 Å². The first-order valence-electron chi connectivity index (χ1n) is 9.17. The van der Waals surface area contributed by atoms with E-state index in [2.05, 4.69) is 9.97 Å². The van der Waals surface area contributed by atoms with Crippen LogP contribution in [0.2, 0.25) is 0 Å². The van der Waals surface area contributed by atoms with Gasteiger partial charge in [0.25, 0.3) is 5.56 Å². The first-order valence-corrected chi connectivity index (χ1v) is 9.17. The van der Waals surface area contributed by atoms with Crippen molar-refractivity contribution in [2.24, 2.45) is 0 Å². The van der Waals surface area contributed by atoms with Crippen LogP contribution in [0.15, 0.2) is 41.2 Å². The van der Waals surface area contributed by atoms with Crippen molar-refractivity contribution < 1.29 is 14.4 Å². The molecule has 9 heteroatoms. The van der Waals surface area contributed by atoms with Crippen molar-refractivity contribution in [1.29, 1.82) is 5.26 Å². The fraction of sp³-hybridized carbons (Fsp3) is 0.190. The minimum Gasteiger partial charge on any atom is -0.493 e. The van der Waals surface area contributed by atoms with Gasteiger partial charge in [-0.3, -0.25) is 14.9 Å². The van der Waals surface area contributed by atoms with E-state index in [-0.39, 0.29) is 35.0 Å². The van der Waals surface area contributed by atoms with E-state index in [4.69, 9.17) is 9.47 Å². The van der Waals surface area contributed by atoms with Crippen LogP contribution in [-0.4, -0.2) is 28.1 Å². The highest BCUT2D eigenvalue weighted by molar-refractivity contribution is 5.90. The molecule has 30 heavy (non-hydrogen) atoms. The summed E-state index contributed by atoms with van der Waals surface area (Å²) in [6, 6.07) is 11.4. The lowest BCUT2D eigenvalue weighted by Crippen LogP contribution is -2.11. The Morgan fingerprint density at radius 3 is 2.60 bits per heavy atom. The van der Waals surface area contributed by atoms with Gasteiger partial charge in [-0.2, -0.15) is 5.26 Å². The van der Waals surface area contributed by atoms with Crippen LogP contribution in [0.1, 0.15) is 25.2 Å². The zero-order chi connectivity index (χ0) is 21.7. The Bertz CT molecular complexity index is 1240. The van der Waals surface area contributed by atoms with Crippen LogP contribution in [-0.2, 0) is 0 Å². The molecule has 1 N–H and O–H groups in total. The molecular formula is C21H18N4O5. The third-order valence-corrected chi connectivity index (χ3v) is 4.18. The number of allylic oxidation sites excluding steroid dienone is 1. The fourth-order valence-electron chi connectivity index (χ4n) is 2.90. The molecule has 3 aromatic rings. The monoisotopic (exact) mass is 406 g/mol. The Morgan fingerprint density at radius 1 is 1.23 bits per heavy atom. The van der Waals surface area contributed by atoms with Crippen molar-refractivity contribution in [3.63, 3.8) is 0 Å². The summed E-state index contributed by atoms with van der Waals surface area (Å²) >= 11 is 0. The summed E-state index contributed by atoms with van der Waals surface area (Å²) in [4.78, 5) is 30.2. The smallest absolute Gasteiger partial charge is 0.311 e. The van der Waals surface area contributed by atoms with Gasteiger partial charge in [0.15, 0.2) is 5.82 Å². The highest BCUT2D eigenvalue weighted by Gasteiger charge is 2.20. The number of fused-ring (bicyclic) bond motifs is 1. The predicted molar refractivity (Wildman–Crippen MR) is 111 cm³/mol. The lowest BCUT2D eigenvalue weighted by Gasteiger charge is -2.11. The van der Waals surface area contributed by atoms with E-state index in [1.807, 2.05) is 6.07 Å². The Hall–Kier alpha value is -4.19. The fourth-order valence-corrected chi connectivity index (χ4v) is 2.90. The molecular weight excluding hydrogens is 388 g/mol. The van der Waals surface area contributed by atoms with Crippen LogP contribution in [0, 0.1) is 21.4 Å². The van der Waals surface area contributed by atoms with Crippen LogP contribution in [0.5, 0.6) is 11.5 Å². The SMILES string of the molecule is CCOc1cc(OCC)c([N+](=O)[O-])cc1/C=C(/C#N)c1nc2ccccc2c(=O)[nH]1. The van der Waals surface area contributed by atoms with E-state index in [1.54, 1.807) is 38.1 Å². The molecule has 0 bridgehead atoms. The molecule has 3 rings (SSSR count). The molecule has 0 unspecified atom stereocenters. The molecule has 0 saturated carbocycles. The highest BCUT2D eigenvalue weighted by Crippen LogP contribution is 2.36. The third kappa shape index (κ3) is 4.12. The van der Waals surface area contributed by atoms with Gasteiger partial charge in [0.05, 0.1) is 34.6 Å². The molecule has 0 aliphatic heterocycles. The quantitative estimate of drug-likeness (QED) is 0.359. The zero-order valence-electron chi connectivity index (χ0n) is 16.3. The lowest BCUT2D eigenvalue weighted by atomic mass is 10.1. The molecule has 0 radical (unpaired) electrons. The number of ether oxygens (including phenoxy) is 2. The maximum atomic E-state index is 12.3. The summed E-state index contributed by atoms with van der Waals surface area (Å²) in [6.07, 6.45) is 1.39. The number of para-hydroxylation sites is 1. The standard InChI is InChI=1S/C21H18N4O5/c1-3-29-18-11-19(30-4-2)17(25(27)28)10-13(18)9-14(12-22)20-23-16-8-6-5-7-15(16)21(26)24-20/h5-11H,3-4H2,1-2H3,(H,23,24,26)/b14-9-. The minimum absolute atomic E-state index is 0.0252. The molecule has 1 heterocycles. The first kappa shape index (κ1) is 20.5. The van der Waals surface area contributed by atoms with E-state index < -0.39 is 4.92 Å². The van der Waals surface area contributed by atoms with Gasteiger partial charge >= 0.3 is 5.69 Å². The number of nitrogens with zero attached hydrogens (tertiary/aromatic N) is 3. The van der Waals surface area contributed by atoms with Crippen molar-refractivity contribution in [2.75, 3.05) is 13.2 Å². The Balaban J connectivity index is 2.20. The van der Waals surface area contributed by atoms with Crippen LogP contribution >= 0.6 is 0 Å². The maximum absolute atomic E-state index is 12.3. The predicted octanol–water partition coefficient (Wildman–Crippen LogP) is 3.69. The number of aromatic nitrogens is 2. The number of benzene rings is 2. The van der Waals surface area contributed by atoms with Gasteiger partial charge in [0.1, 0.15) is 11.8 Å². The molecule has 9 nitrogen and oxygen atoms in total. The average Bonchev–Trinajstić information content (AvgIpc) is 2.73. The van der Waals surface area contributed by atoms with Gasteiger partial charge in [-0.05, 0) is 32.1 Å². The number of nitro groups is 1. The molecule has 0 aliphatic rings. The maximum Gasteiger partial charge on any atom is 0.311 e. The molecule has 0 amide bonds. The second-order valence-electron chi connectivity index (χ2n) is 6.08. The van der Waals surface area contributed by atoms with Gasteiger partial charge < -0.3 is 14.5 Å². The van der Waals surface area contributed by atoms with Crippen LogP contribution in [0.4, 0.5) is 5.69 Å². The number of hydrogen-bond acceptors (Lipinski definition) is 7. The number of aromatic amines is 1. The van der Waals surface area contributed by atoms with Gasteiger partial charge in [0.2, 0.25) is 5.75 Å². The number of hydrogen-bond donors (Lipinski definition) is 1. The second-order valence-corrected chi connectivity index (χ2v) is 6.08. The summed E-state index contributed by atoms with van der Waals surface area (Å²) in [5, 5.41) is 21.5. The second kappa shape index (κ2) is 8.87. The number of nitrogens with one attached hydrogen (secondary N) is 1. The summed E-state index contributed by atoms with van der Waals surface area (Å²) in [7, 11) is 0. The third-order valence-electron chi connectivity index (χ3n) is 4.18. The van der Waals surface area contributed by atoms with Crippen molar-refractivity contribution >= 4 is 28.2 Å². The van der Waals surface area contributed by atoms with E-state index >= 15 is 0 Å². The largest absolute Gasteiger partial charge is 0.493 e.